The summed E-state index contributed by atoms with van der Waals surface area (Å²) in [5, 5.41) is 0.778. The van der Waals surface area contributed by atoms with Crippen molar-refractivity contribution < 1.29 is 14.0 Å². The summed E-state index contributed by atoms with van der Waals surface area (Å²) >= 11 is 0. The van der Waals surface area contributed by atoms with Crippen molar-refractivity contribution in [2.75, 3.05) is 0 Å². The normalized spacial score (nSPS) is 10.4. The minimum absolute atomic E-state index is 0.0591. The SMILES string of the molecule is CC(=O)c1cc(C=O)c2occc2c1. The smallest absolute Gasteiger partial charge is 0.159 e. The van der Waals surface area contributed by atoms with Gasteiger partial charge in [-0.1, -0.05) is 0 Å². The fourth-order valence-corrected chi connectivity index (χ4v) is 1.40. The van der Waals surface area contributed by atoms with Crippen molar-refractivity contribution in [1.82, 2.24) is 0 Å². The van der Waals surface area contributed by atoms with Crippen molar-refractivity contribution in [2.45, 2.75) is 6.92 Å². The zero-order valence-electron chi connectivity index (χ0n) is 7.61. The number of carbonyl (C=O) groups excluding carboxylic acids is 2. The van der Waals surface area contributed by atoms with Crippen molar-refractivity contribution in [1.29, 1.82) is 0 Å². The van der Waals surface area contributed by atoms with Crippen LogP contribution in [0.15, 0.2) is 28.9 Å². The van der Waals surface area contributed by atoms with Gasteiger partial charge in [0.1, 0.15) is 5.58 Å². The molecule has 0 radical (unpaired) electrons. The van der Waals surface area contributed by atoms with Crippen LogP contribution in [0.25, 0.3) is 11.0 Å². The summed E-state index contributed by atoms with van der Waals surface area (Å²) in [6.45, 7) is 1.47. The van der Waals surface area contributed by atoms with Crippen LogP contribution in [0.5, 0.6) is 0 Å². The molecule has 0 spiro atoms. The Hall–Kier alpha value is -1.90. The Kier molecular flexibility index (Phi) is 1.93. The highest BCUT2D eigenvalue weighted by Crippen LogP contribution is 2.21. The molecule has 1 aromatic carbocycles. The molecule has 2 rings (SSSR count). The van der Waals surface area contributed by atoms with Crippen molar-refractivity contribution in [2.24, 2.45) is 0 Å². The van der Waals surface area contributed by atoms with E-state index in [4.69, 9.17) is 4.42 Å². The molecule has 3 heteroatoms. The highest BCUT2D eigenvalue weighted by atomic mass is 16.3. The van der Waals surface area contributed by atoms with Crippen molar-refractivity contribution in [3.8, 4) is 0 Å². The number of aldehydes is 1. The molecule has 14 heavy (non-hydrogen) atoms. The van der Waals surface area contributed by atoms with Gasteiger partial charge in [-0.2, -0.15) is 0 Å². The van der Waals surface area contributed by atoms with E-state index in [1.807, 2.05) is 0 Å². The number of benzene rings is 1. The second-order valence-corrected chi connectivity index (χ2v) is 3.08. The lowest BCUT2D eigenvalue weighted by Crippen LogP contribution is -1.93. The minimum Gasteiger partial charge on any atom is -0.464 e. The number of fused-ring (bicyclic) bond motifs is 1. The molecule has 0 saturated heterocycles. The summed E-state index contributed by atoms with van der Waals surface area (Å²) in [6, 6.07) is 4.99. The monoisotopic (exact) mass is 188 g/mol. The Balaban J connectivity index is 2.79. The number of hydrogen-bond donors (Lipinski definition) is 0. The van der Waals surface area contributed by atoms with Gasteiger partial charge in [0.25, 0.3) is 0 Å². The van der Waals surface area contributed by atoms with Gasteiger partial charge in [0.15, 0.2) is 12.1 Å². The molecule has 1 aromatic heterocycles. The second kappa shape index (κ2) is 3.10. The highest BCUT2D eigenvalue weighted by molar-refractivity contribution is 6.03. The lowest BCUT2D eigenvalue weighted by molar-refractivity contribution is 0.101. The van der Waals surface area contributed by atoms with E-state index in [0.29, 0.717) is 23.0 Å². The summed E-state index contributed by atoms with van der Waals surface area (Å²) < 4.78 is 5.13. The van der Waals surface area contributed by atoms with Crippen LogP contribution in [0.1, 0.15) is 27.6 Å². The third kappa shape index (κ3) is 1.23. The van der Waals surface area contributed by atoms with Crippen LogP contribution in [-0.2, 0) is 0 Å². The molecule has 1 heterocycles. The summed E-state index contributed by atoms with van der Waals surface area (Å²) in [4.78, 5) is 21.9. The van der Waals surface area contributed by atoms with Gasteiger partial charge in [-0.3, -0.25) is 9.59 Å². The van der Waals surface area contributed by atoms with Gasteiger partial charge < -0.3 is 4.42 Å². The molecule has 0 aliphatic heterocycles. The predicted octanol–water partition coefficient (Wildman–Crippen LogP) is 2.45. The van der Waals surface area contributed by atoms with E-state index in [-0.39, 0.29) is 5.78 Å². The van der Waals surface area contributed by atoms with Gasteiger partial charge in [0.05, 0.1) is 11.8 Å². The molecule has 0 bridgehead atoms. The van der Waals surface area contributed by atoms with Crippen molar-refractivity contribution in [3.05, 3.63) is 35.6 Å². The lowest BCUT2D eigenvalue weighted by atomic mass is 10.1. The van der Waals surface area contributed by atoms with Crippen LogP contribution in [0.2, 0.25) is 0 Å². The van der Waals surface area contributed by atoms with Crippen LogP contribution in [0.4, 0.5) is 0 Å². The zero-order chi connectivity index (χ0) is 10.1. The number of ketones is 1. The Morgan fingerprint density at radius 1 is 1.43 bits per heavy atom. The first-order chi connectivity index (χ1) is 6.72. The zero-order valence-corrected chi connectivity index (χ0v) is 7.61. The minimum atomic E-state index is -0.0591. The Morgan fingerprint density at radius 3 is 2.86 bits per heavy atom. The Morgan fingerprint density at radius 2 is 2.21 bits per heavy atom. The molecule has 0 amide bonds. The van der Waals surface area contributed by atoms with Crippen LogP contribution in [-0.4, -0.2) is 12.1 Å². The van der Waals surface area contributed by atoms with E-state index in [1.54, 1.807) is 18.2 Å². The third-order valence-electron chi connectivity index (χ3n) is 2.11. The molecule has 0 N–H and O–H groups in total. The first-order valence-electron chi connectivity index (χ1n) is 4.20. The molecule has 0 aliphatic rings. The first-order valence-corrected chi connectivity index (χ1v) is 4.20. The number of carbonyl (C=O) groups is 2. The summed E-state index contributed by atoms with van der Waals surface area (Å²) in [7, 11) is 0. The van der Waals surface area contributed by atoms with Crippen LogP contribution in [0, 0.1) is 0 Å². The van der Waals surface area contributed by atoms with E-state index in [0.717, 1.165) is 5.39 Å². The van der Waals surface area contributed by atoms with Gasteiger partial charge >= 0.3 is 0 Å². The summed E-state index contributed by atoms with van der Waals surface area (Å²) in [5.41, 5.74) is 1.48. The van der Waals surface area contributed by atoms with Gasteiger partial charge in [-0.15, -0.1) is 0 Å². The standard InChI is InChI=1S/C11H8O3/c1-7(13)9-4-8-2-3-14-11(8)10(5-9)6-12/h2-6H,1H3. The molecule has 70 valence electrons. The first kappa shape index (κ1) is 8.69. The van der Waals surface area contributed by atoms with E-state index in [1.165, 1.54) is 13.2 Å². The number of Topliss-reactive ketones (excluding diaryl/α,β-unsaturated/α-hetero) is 1. The maximum absolute atomic E-state index is 11.1. The van der Waals surface area contributed by atoms with Crippen LogP contribution in [0.3, 0.4) is 0 Å². The van der Waals surface area contributed by atoms with Gasteiger partial charge in [0, 0.05) is 10.9 Å². The number of hydrogen-bond acceptors (Lipinski definition) is 3. The van der Waals surface area contributed by atoms with Crippen LogP contribution < -0.4 is 0 Å². The molecular weight excluding hydrogens is 180 g/mol. The third-order valence-corrected chi connectivity index (χ3v) is 2.11. The number of furan rings is 1. The lowest BCUT2D eigenvalue weighted by Gasteiger charge is -1.98. The molecule has 0 fully saturated rings. The quantitative estimate of drug-likeness (QED) is 0.537. The average molecular weight is 188 g/mol. The van der Waals surface area contributed by atoms with E-state index >= 15 is 0 Å². The second-order valence-electron chi connectivity index (χ2n) is 3.08. The Labute approximate surface area is 80.3 Å². The highest BCUT2D eigenvalue weighted by Gasteiger charge is 2.08. The number of rotatable bonds is 2. The molecule has 0 aliphatic carbocycles. The maximum atomic E-state index is 11.1. The average Bonchev–Trinajstić information content (AvgIpc) is 2.63. The van der Waals surface area contributed by atoms with Crippen molar-refractivity contribution >= 4 is 23.0 Å². The van der Waals surface area contributed by atoms with Gasteiger partial charge in [-0.25, -0.2) is 0 Å². The Bertz CT molecular complexity index is 508. The molecule has 0 unspecified atom stereocenters. The topological polar surface area (TPSA) is 47.3 Å². The maximum Gasteiger partial charge on any atom is 0.159 e. The molecule has 0 atom stereocenters. The fourth-order valence-electron chi connectivity index (χ4n) is 1.40. The predicted molar refractivity (Wildman–Crippen MR) is 51.6 cm³/mol. The van der Waals surface area contributed by atoms with E-state index in [9.17, 15) is 9.59 Å². The molecular formula is C11H8O3. The van der Waals surface area contributed by atoms with E-state index in [2.05, 4.69) is 0 Å². The summed E-state index contributed by atoms with van der Waals surface area (Å²) in [5.74, 6) is -0.0591. The fraction of sp³-hybridized carbons (Fsp3) is 0.0909. The van der Waals surface area contributed by atoms with Crippen molar-refractivity contribution in [3.63, 3.8) is 0 Å². The van der Waals surface area contributed by atoms with Gasteiger partial charge in [0.2, 0.25) is 0 Å². The molecule has 3 nitrogen and oxygen atoms in total. The largest absolute Gasteiger partial charge is 0.464 e. The van der Waals surface area contributed by atoms with Gasteiger partial charge in [-0.05, 0) is 25.1 Å². The van der Waals surface area contributed by atoms with E-state index < -0.39 is 0 Å². The molecule has 2 aromatic rings. The summed E-state index contributed by atoms with van der Waals surface area (Å²) in [6.07, 6.45) is 2.19. The van der Waals surface area contributed by atoms with Crippen LogP contribution >= 0.6 is 0 Å². The molecule has 0 saturated carbocycles.